The van der Waals surface area contributed by atoms with Crippen molar-refractivity contribution in [1.82, 2.24) is 5.01 Å². The Morgan fingerprint density at radius 3 is 2.05 bits per heavy atom. The van der Waals surface area contributed by atoms with Gasteiger partial charge in [0.25, 0.3) is 5.91 Å². The quantitative estimate of drug-likeness (QED) is 0.431. The lowest BCUT2D eigenvalue weighted by atomic mass is 9.98. The van der Waals surface area contributed by atoms with Gasteiger partial charge in [0.15, 0.2) is 5.17 Å². The lowest BCUT2D eigenvalue weighted by molar-refractivity contribution is -0.121. The van der Waals surface area contributed by atoms with Crippen LogP contribution in [0.1, 0.15) is 30.0 Å². The number of nitrogens with zero attached hydrogens (tertiary/aromatic N) is 3. The number of rotatable bonds is 8. The summed E-state index contributed by atoms with van der Waals surface area (Å²) in [5, 5.41) is 9.37. The SMILES string of the molecule is COc1ccc(NC(=O)C[C@@H]2SC(N3N=C(c4ccc(OC)cc4)C[C@@H]3c3ccc(OC)cc3)=NC2=O)cc1. The minimum absolute atomic E-state index is 0.00137. The Hall–Kier alpha value is -4.31. The third-order valence-electron chi connectivity index (χ3n) is 6.50. The number of methoxy groups -OCH3 is 3. The van der Waals surface area contributed by atoms with Crippen LogP contribution < -0.4 is 19.5 Å². The Balaban J connectivity index is 1.33. The maximum Gasteiger partial charge on any atom is 0.262 e. The second-order valence-electron chi connectivity index (χ2n) is 8.93. The van der Waals surface area contributed by atoms with Crippen molar-refractivity contribution in [3.8, 4) is 17.2 Å². The van der Waals surface area contributed by atoms with Crippen LogP contribution in [-0.4, -0.2) is 54.3 Å². The zero-order valence-electron chi connectivity index (χ0n) is 21.8. The van der Waals surface area contributed by atoms with Gasteiger partial charge in [-0.3, -0.25) is 9.59 Å². The van der Waals surface area contributed by atoms with Crippen LogP contribution in [0.3, 0.4) is 0 Å². The van der Waals surface area contributed by atoms with Crippen LogP contribution in [0.4, 0.5) is 5.69 Å². The molecular weight excluding hydrogens is 516 g/mol. The van der Waals surface area contributed by atoms with E-state index in [1.165, 1.54) is 11.8 Å². The number of ether oxygens (including phenoxy) is 3. The van der Waals surface area contributed by atoms with Crippen molar-refractivity contribution in [3.63, 3.8) is 0 Å². The number of carbonyl (C=O) groups excluding carboxylic acids is 2. The van der Waals surface area contributed by atoms with Crippen molar-refractivity contribution >= 4 is 40.1 Å². The molecule has 0 spiro atoms. The van der Waals surface area contributed by atoms with E-state index < -0.39 is 5.25 Å². The van der Waals surface area contributed by atoms with Crippen molar-refractivity contribution in [3.05, 3.63) is 83.9 Å². The molecule has 3 aromatic rings. The van der Waals surface area contributed by atoms with E-state index >= 15 is 0 Å². The van der Waals surface area contributed by atoms with E-state index in [0.29, 0.717) is 23.0 Å². The standard InChI is InChI=1S/C29H28N4O5S/c1-36-21-10-4-18(5-11-21)24-16-25(19-6-12-22(37-2)13-7-19)33(32-24)29-31-28(35)26(39-29)17-27(34)30-20-8-14-23(38-3)15-9-20/h4-15,25-26H,16-17H2,1-3H3,(H,30,34)/t25-,26+/m1/s1. The average Bonchev–Trinajstić information content (AvgIpc) is 3.57. The van der Waals surface area contributed by atoms with Crippen LogP contribution in [0.15, 0.2) is 82.9 Å². The number of carbonyl (C=O) groups is 2. The molecule has 2 atom stereocenters. The molecule has 3 aromatic carbocycles. The molecule has 0 saturated carbocycles. The first-order valence-corrected chi connectivity index (χ1v) is 13.2. The highest BCUT2D eigenvalue weighted by Crippen LogP contribution is 2.39. The van der Waals surface area contributed by atoms with Gasteiger partial charge in [0.05, 0.1) is 33.1 Å². The number of anilines is 1. The highest BCUT2D eigenvalue weighted by molar-refractivity contribution is 8.15. The van der Waals surface area contributed by atoms with Gasteiger partial charge in [0.1, 0.15) is 22.5 Å². The largest absolute Gasteiger partial charge is 0.497 e. The van der Waals surface area contributed by atoms with Crippen LogP contribution in [0.2, 0.25) is 0 Å². The zero-order valence-corrected chi connectivity index (χ0v) is 22.6. The van der Waals surface area contributed by atoms with Crippen molar-refractivity contribution in [1.29, 1.82) is 0 Å². The molecule has 0 saturated heterocycles. The van der Waals surface area contributed by atoms with Crippen LogP contribution in [0, 0.1) is 0 Å². The number of hydrogen-bond donors (Lipinski definition) is 1. The topological polar surface area (TPSA) is 102 Å². The van der Waals surface area contributed by atoms with Gasteiger partial charge in [-0.15, -0.1) is 0 Å². The van der Waals surface area contributed by atoms with Crippen LogP contribution >= 0.6 is 11.8 Å². The van der Waals surface area contributed by atoms with Gasteiger partial charge >= 0.3 is 0 Å². The minimum atomic E-state index is -0.630. The Morgan fingerprint density at radius 1 is 0.897 bits per heavy atom. The molecule has 0 unspecified atom stereocenters. The number of amidine groups is 1. The maximum atomic E-state index is 12.9. The highest BCUT2D eigenvalue weighted by Gasteiger charge is 2.39. The van der Waals surface area contributed by atoms with Gasteiger partial charge < -0.3 is 19.5 Å². The summed E-state index contributed by atoms with van der Waals surface area (Å²) in [4.78, 5) is 29.9. The van der Waals surface area contributed by atoms with Crippen LogP contribution in [0.25, 0.3) is 0 Å². The highest BCUT2D eigenvalue weighted by atomic mass is 32.2. The van der Waals surface area contributed by atoms with Gasteiger partial charge in [-0.1, -0.05) is 23.9 Å². The fourth-order valence-electron chi connectivity index (χ4n) is 4.39. The lowest BCUT2D eigenvalue weighted by Crippen LogP contribution is -2.25. The summed E-state index contributed by atoms with van der Waals surface area (Å²) in [5.41, 5.74) is 3.47. The summed E-state index contributed by atoms with van der Waals surface area (Å²) < 4.78 is 15.8. The molecule has 0 bridgehead atoms. The minimum Gasteiger partial charge on any atom is -0.497 e. The molecule has 1 N–H and O–H groups in total. The predicted molar refractivity (Wildman–Crippen MR) is 152 cm³/mol. The van der Waals surface area contributed by atoms with Gasteiger partial charge in [0, 0.05) is 18.5 Å². The van der Waals surface area contributed by atoms with Crippen LogP contribution in [0.5, 0.6) is 17.2 Å². The smallest absolute Gasteiger partial charge is 0.262 e. The zero-order chi connectivity index (χ0) is 27.4. The molecule has 2 aliphatic rings. The maximum absolute atomic E-state index is 12.9. The Morgan fingerprint density at radius 2 is 1.46 bits per heavy atom. The van der Waals surface area contributed by atoms with Crippen molar-refractivity contribution in [2.75, 3.05) is 26.6 Å². The van der Waals surface area contributed by atoms with E-state index in [-0.39, 0.29) is 24.3 Å². The summed E-state index contributed by atoms with van der Waals surface area (Å²) in [7, 11) is 4.84. The summed E-state index contributed by atoms with van der Waals surface area (Å²) in [5.74, 6) is 1.60. The fraction of sp³-hybridized carbons (Fsp3) is 0.241. The second kappa shape index (κ2) is 11.6. The van der Waals surface area contributed by atoms with Gasteiger partial charge in [0.2, 0.25) is 5.91 Å². The number of benzene rings is 3. The molecule has 0 aliphatic carbocycles. The van der Waals surface area contributed by atoms with E-state index in [1.807, 2.05) is 48.5 Å². The molecule has 200 valence electrons. The summed E-state index contributed by atoms with van der Waals surface area (Å²) >= 11 is 1.26. The molecule has 0 radical (unpaired) electrons. The van der Waals surface area contributed by atoms with Crippen LogP contribution in [-0.2, 0) is 9.59 Å². The number of hydrogen-bond acceptors (Lipinski definition) is 8. The first-order chi connectivity index (χ1) is 19.0. The molecular formula is C29H28N4O5S. The number of thioether (sulfide) groups is 1. The number of nitrogens with one attached hydrogen (secondary N) is 1. The number of hydrazone groups is 1. The third-order valence-corrected chi connectivity index (χ3v) is 7.65. The first-order valence-electron chi connectivity index (χ1n) is 12.4. The monoisotopic (exact) mass is 544 g/mol. The molecule has 2 heterocycles. The van der Waals surface area contributed by atoms with Gasteiger partial charge in [-0.25, -0.2) is 5.01 Å². The number of aliphatic imine (C=N–C) groups is 1. The molecule has 2 amide bonds. The number of amides is 2. The molecule has 0 fully saturated rings. The second-order valence-corrected chi connectivity index (χ2v) is 10.1. The van der Waals surface area contributed by atoms with Gasteiger partial charge in [-0.2, -0.15) is 10.1 Å². The Kier molecular flexibility index (Phi) is 7.83. The van der Waals surface area contributed by atoms with E-state index in [9.17, 15) is 9.59 Å². The van der Waals surface area contributed by atoms with E-state index in [2.05, 4.69) is 10.3 Å². The summed E-state index contributed by atoms with van der Waals surface area (Å²) in [6.07, 6.45) is 0.619. The van der Waals surface area contributed by atoms with Crippen molar-refractivity contribution in [2.45, 2.75) is 24.1 Å². The predicted octanol–water partition coefficient (Wildman–Crippen LogP) is 4.89. The summed E-state index contributed by atoms with van der Waals surface area (Å²) in [6, 6.07) is 22.4. The molecule has 9 nitrogen and oxygen atoms in total. The van der Waals surface area contributed by atoms with E-state index in [4.69, 9.17) is 19.3 Å². The first kappa shape index (κ1) is 26.3. The van der Waals surface area contributed by atoms with Crippen molar-refractivity contribution in [2.24, 2.45) is 10.1 Å². The van der Waals surface area contributed by atoms with Crippen molar-refractivity contribution < 1.29 is 23.8 Å². The molecule has 10 heteroatoms. The van der Waals surface area contributed by atoms with Gasteiger partial charge in [-0.05, 0) is 71.8 Å². The Labute approximate surface area is 230 Å². The average molecular weight is 545 g/mol. The lowest BCUT2D eigenvalue weighted by Gasteiger charge is -2.23. The molecule has 0 aromatic heterocycles. The van der Waals surface area contributed by atoms with E-state index in [1.54, 1.807) is 50.6 Å². The fourth-order valence-corrected chi connectivity index (χ4v) is 5.45. The molecule has 2 aliphatic heterocycles. The Bertz CT molecular complexity index is 1410. The molecule has 39 heavy (non-hydrogen) atoms. The third kappa shape index (κ3) is 5.91. The summed E-state index contributed by atoms with van der Waals surface area (Å²) in [6.45, 7) is 0. The van der Waals surface area contributed by atoms with E-state index in [0.717, 1.165) is 28.3 Å². The molecule has 5 rings (SSSR count). The normalized spacial score (nSPS) is 18.4.